The highest BCUT2D eigenvalue weighted by Crippen LogP contribution is 2.38. The van der Waals surface area contributed by atoms with E-state index in [1.807, 2.05) is 12.1 Å². The lowest BCUT2D eigenvalue weighted by Gasteiger charge is -2.30. The minimum Gasteiger partial charge on any atom is -0.393 e. The minimum absolute atomic E-state index is 0.240. The van der Waals surface area contributed by atoms with Crippen molar-refractivity contribution in [1.29, 1.82) is 0 Å². The van der Waals surface area contributed by atoms with Gasteiger partial charge in [-0.25, -0.2) is 4.39 Å². The number of aromatic amines is 1. The first-order valence-corrected chi connectivity index (χ1v) is 8.40. The Hall–Kier alpha value is -2.73. The third kappa shape index (κ3) is 3.13. The van der Waals surface area contributed by atoms with Crippen molar-refractivity contribution in [2.24, 2.45) is 0 Å². The van der Waals surface area contributed by atoms with Crippen LogP contribution in [0, 0.1) is 5.82 Å². The van der Waals surface area contributed by atoms with Gasteiger partial charge < -0.3 is 10.0 Å². The van der Waals surface area contributed by atoms with E-state index in [0.29, 0.717) is 0 Å². The predicted octanol–water partition coefficient (Wildman–Crippen LogP) is 3.24. The Morgan fingerprint density at radius 1 is 1.00 bits per heavy atom. The van der Waals surface area contributed by atoms with Gasteiger partial charge in [0.25, 0.3) is 0 Å². The van der Waals surface area contributed by atoms with Crippen LogP contribution in [0.4, 0.5) is 10.2 Å². The number of aliphatic hydroxyl groups is 1. The number of aliphatic hydroxyl groups excluding tert-OH is 1. The zero-order valence-corrected chi connectivity index (χ0v) is 13.7. The van der Waals surface area contributed by atoms with Gasteiger partial charge in [0.1, 0.15) is 5.82 Å². The Morgan fingerprint density at radius 2 is 1.68 bits per heavy atom. The number of anilines is 1. The Labute approximate surface area is 145 Å². The number of H-pyrrole nitrogens is 1. The SMILES string of the molecule is OC1CCN(c2n[nH]c(-c3ccc(F)cc3)c2-c2ccncc2)CC1. The van der Waals surface area contributed by atoms with Crippen molar-refractivity contribution < 1.29 is 9.50 Å². The molecule has 0 bridgehead atoms. The number of nitrogens with zero attached hydrogens (tertiary/aromatic N) is 3. The highest BCUT2D eigenvalue weighted by atomic mass is 19.1. The van der Waals surface area contributed by atoms with E-state index in [9.17, 15) is 9.50 Å². The van der Waals surface area contributed by atoms with Gasteiger partial charge in [-0.05, 0) is 54.8 Å². The maximum absolute atomic E-state index is 13.3. The highest BCUT2D eigenvalue weighted by Gasteiger charge is 2.25. The van der Waals surface area contributed by atoms with Crippen LogP contribution in [0.3, 0.4) is 0 Å². The standard InChI is InChI=1S/C19H19FN4O/c20-15-3-1-14(2-4-15)18-17(13-5-9-21-10-6-13)19(23-22-18)24-11-7-16(25)8-12-24/h1-6,9-10,16,25H,7-8,11-12H2,(H,22,23). The molecule has 1 aromatic carbocycles. The van der Waals surface area contributed by atoms with Crippen LogP contribution < -0.4 is 4.90 Å². The second-order valence-electron chi connectivity index (χ2n) is 6.26. The molecule has 6 heteroatoms. The van der Waals surface area contributed by atoms with E-state index >= 15 is 0 Å². The number of nitrogens with one attached hydrogen (secondary N) is 1. The molecule has 0 radical (unpaired) electrons. The summed E-state index contributed by atoms with van der Waals surface area (Å²) in [6.07, 6.45) is 4.72. The largest absolute Gasteiger partial charge is 0.393 e. The molecule has 128 valence electrons. The van der Waals surface area contributed by atoms with Gasteiger partial charge in [-0.2, -0.15) is 5.10 Å². The van der Waals surface area contributed by atoms with Gasteiger partial charge in [-0.3, -0.25) is 10.1 Å². The normalized spacial score (nSPS) is 15.5. The Bertz CT molecular complexity index is 840. The fraction of sp³-hybridized carbons (Fsp3) is 0.263. The molecular weight excluding hydrogens is 319 g/mol. The molecule has 0 unspecified atom stereocenters. The van der Waals surface area contributed by atoms with Crippen LogP contribution >= 0.6 is 0 Å². The van der Waals surface area contributed by atoms with E-state index in [2.05, 4.69) is 20.1 Å². The monoisotopic (exact) mass is 338 g/mol. The molecule has 0 spiro atoms. The summed E-state index contributed by atoms with van der Waals surface area (Å²) in [6, 6.07) is 10.3. The van der Waals surface area contributed by atoms with Crippen molar-refractivity contribution in [3.05, 3.63) is 54.6 Å². The summed E-state index contributed by atoms with van der Waals surface area (Å²) in [5.74, 6) is 0.594. The molecule has 0 atom stereocenters. The number of halogens is 1. The minimum atomic E-state index is -0.265. The van der Waals surface area contributed by atoms with Crippen LogP contribution in [0.1, 0.15) is 12.8 Å². The summed E-state index contributed by atoms with van der Waals surface area (Å²) in [5.41, 5.74) is 3.71. The first-order chi connectivity index (χ1) is 12.2. The first kappa shape index (κ1) is 15.8. The summed E-state index contributed by atoms with van der Waals surface area (Å²) in [7, 11) is 0. The maximum Gasteiger partial charge on any atom is 0.158 e. The molecule has 0 saturated carbocycles. The second-order valence-corrected chi connectivity index (χ2v) is 6.26. The molecule has 0 aliphatic carbocycles. The predicted molar refractivity (Wildman–Crippen MR) is 94.7 cm³/mol. The number of piperidine rings is 1. The van der Waals surface area contributed by atoms with E-state index in [1.165, 1.54) is 12.1 Å². The van der Waals surface area contributed by atoms with Crippen molar-refractivity contribution in [3.63, 3.8) is 0 Å². The Kier molecular flexibility index (Phi) is 4.19. The number of rotatable bonds is 3. The zero-order chi connectivity index (χ0) is 17.2. The Balaban J connectivity index is 1.81. The van der Waals surface area contributed by atoms with Gasteiger partial charge in [0.05, 0.1) is 17.4 Å². The number of hydrogen-bond donors (Lipinski definition) is 2. The van der Waals surface area contributed by atoms with Crippen LogP contribution in [0.25, 0.3) is 22.4 Å². The van der Waals surface area contributed by atoms with Crippen molar-refractivity contribution in [3.8, 4) is 22.4 Å². The van der Waals surface area contributed by atoms with Crippen LogP contribution in [-0.2, 0) is 0 Å². The van der Waals surface area contributed by atoms with Crippen molar-refractivity contribution in [1.82, 2.24) is 15.2 Å². The summed E-state index contributed by atoms with van der Waals surface area (Å²) < 4.78 is 13.3. The summed E-state index contributed by atoms with van der Waals surface area (Å²) in [4.78, 5) is 6.28. The molecule has 2 aromatic heterocycles. The average molecular weight is 338 g/mol. The zero-order valence-electron chi connectivity index (χ0n) is 13.7. The van der Waals surface area contributed by atoms with Crippen molar-refractivity contribution in [2.75, 3.05) is 18.0 Å². The number of pyridine rings is 1. The molecule has 2 N–H and O–H groups in total. The van der Waals surface area contributed by atoms with Crippen molar-refractivity contribution in [2.45, 2.75) is 18.9 Å². The van der Waals surface area contributed by atoms with Crippen LogP contribution in [0.2, 0.25) is 0 Å². The van der Waals surface area contributed by atoms with Crippen LogP contribution in [0.15, 0.2) is 48.8 Å². The molecule has 1 saturated heterocycles. The quantitative estimate of drug-likeness (QED) is 0.769. The lowest BCUT2D eigenvalue weighted by molar-refractivity contribution is 0.145. The van der Waals surface area contributed by atoms with E-state index < -0.39 is 0 Å². The molecule has 4 rings (SSSR count). The summed E-state index contributed by atoms with van der Waals surface area (Å²) >= 11 is 0. The van der Waals surface area contributed by atoms with Gasteiger partial charge in [0, 0.05) is 31.0 Å². The Morgan fingerprint density at radius 3 is 2.36 bits per heavy atom. The smallest absolute Gasteiger partial charge is 0.158 e. The molecule has 0 amide bonds. The number of benzene rings is 1. The van der Waals surface area contributed by atoms with Crippen LogP contribution in [0.5, 0.6) is 0 Å². The molecule has 1 aliphatic heterocycles. The van der Waals surface area contributed by atoms with E-state index in [0.717, 1.165) is 54.1 Å². The molecule has 3 aromatic rings. The number of hydrogen-bond acceptors (Lipinski definition) is 4. The first-order valence-electron chi connectivity index (χ1n) is 8.40. The van der Waals surface area contributed by atoms with Gasteiger partial charge >= 0.3 is 0 Å². The molecule has 1 aliphatic rings. The van der Waals surface area contributed by atoms with E-state index in [1.54, 1.807) is 24.5 Å². The molecular formula is C19H19FN4O. The van der Waals surface area contributed by atoms with Gasteiger partial charge in [-0.15, -0.1) is 0 Å². The molecule has 1 fully saturated rings. The molecule has 25 heavy (non-hydrogen) atoms. The van der Waals surface area contributed by atoms with Crippen molar-refractivity contribution >= 4 is 5.82 Å². The molecule has 5 nitrogen and oxygen atoms in total. The average Bonchev–Trinajstić information content (AvgIpc) is 3.09. The molecule has 3 heterocycles. The lowest BCUT2D eigenvalue weighted by atomic mass is 10.00. The topological polar surface area (TPSA) is 65.0 Å². The lowest BCUT2D eigenvalue weighted by Crippen LogP contribution is -2.36. The van der Waals surface area contributed by atoms with Crippen LogP contribution in [-0.4, -0.2) is 39.5 Å². The van der Waals surface area contributed by atoms with E-state index in [-0.39, 0.29) is 11.9 Å². The summed E-state index contributed by atoms with van der Waals surface area (Å²) in [6.45, 7) is 1.51. The third-order valence-electron chi connectivity index (χ3n) is 4.61. The summed E-state index contributed by atoms with van der Waals surface area (Å²) in [5, 5.41) is 17.4. The van der Waals surface area contributed by atoms with Gasteiger partial charge in [0.15, 0.2) is 5.82 Å². The fourth-order valence-corrected chi connectivity index (χ4v) is 3.26. The second kappa shape index (κ2) is 6.64. The number of aromatic nitrogens is 3. The third-order valence-corrected chi connectivity index (χ3v) is 4.61. The highest BCUT2D eigenvalue weighted by molar-refractivity contribution is 5.88. The maximum atomic E-state index is 13.3. The van der Waals surface area contributed by atoms with Gasteiger partial charge in [0.2, 0.25) is 0 Å². The fourth-order valence-electron chi connectivity index (χ4n) is 3.26. The van der Waals surface area contributed by atoms with Gasteiger partial charge in [-0.1, -0.05) is 0 Å². The van der Waals surface area contributed by atoms with E-state index in [4.69, 9.17) is 0 Å².